The minimum atomic E-state index is -2.28. The Morgan fingerprint density at radius 1 is 0.742 bits per heavy atom. The third kappa shape index (κ3) is 2.71. The number of pyridine rings is 1. The first-order valence-electron chi connectivity index (χ1n) is 10.4. The fourth-order valence-electron chi connectivity index (χ4n) is 4.73. The third-order valence-electron chi connectivity index (χ3n) is 6.08. The van der Waals surface area contributed by atoms with Gasteiger partial charge in [-0.25, -0.2) is 4.98 Å². The Bertz CT molecular complexity index is 1370. The lowest BCUT2D eigenvalue weighted by Crippen LogP contribution is -2.41. The molecule has 0 amide bonds. The molecule has 0 fully saturated rings. The van der Waals surface area contributed by atoms with Crippen molar-refractivity contribution in [3.63, 3.8) is 0 Å². The molecule has 0 bridgehead atoms. The second-order valence-electron chi connectivity index (χ2n) is 7.74. The predicted octanol–water partition coefficient (Wildman–Crippen LogP) is 4.11. The van der Waals surface area contributed by atoms with E-state index in [4.69, 9.17) is 4.98 Å². The second kappa shape index (κ2) is 7.30. The summed E-state index contributed by atoms with van der Waals surface area (Å²) in [5.41, 5.74) is 4.71. The van der Waals surface area contributed by atoms with Crippen molar-refractivity contribution in [2.24, 2.45) is 4.99 Å². The van der Waals surface area contributed by atoms with Crippen LogP contribution < -0.4 is 21.3 Å². The van der Waals surface area contributed by atoms with Gasteiger partial charge in [-0.1, -0.05) is 42.5 Å². The minimum Gasteiger partial charge on any atom is -0.361 e. The summed E-state index contributed by atoms with van der Waals surface area (Å²) in [6.45, 7) is 0.725. The SMILES string of the molecule is C1=NCc2ccnc([P+](c3ccccc3)(c3ccccc3)c3cccc4[nH]ccc34)c21. The Morgan fingerprint density at radius 3 is 2.23 bits per heavy atom. The van der Waals surface area contributed by atoms with E-state index in [1.165, 1.54) is 32.4 Å². The summed E-state index contributed by atoms with van der Waals surface area (Å²) in [4.78, 5) is 13.1. The molecule has 1 aliphatic heterocycles. The number of rotatable bonds is 4. The molecular formula is C27H21N3P+. The Labute approximate surface area is 181 Å². The van der Waals surface area contributed by atoms with Crippen LogP contribution in [0.1, 0.15) is 11.1 Å². The van der Waals surface area contributed by atoms with Crippen LogP contribution in [0.3, 0.4) is 0 Å². The lowest BCUT2D eigenvalue weighted by molar-refractivity contribution is 1.10. The third-order valence-corrected chi connectivity index (χ3v) is 10.3. The first-order valence-corrected chi connectivity index (χ1v) is 12.2. The zero-order valence-corrected chi connectivity index (χ0v) is 17.8. The van der Waals surface area contributed by atoms with Gasteiger partial charge in [0.1, 0.15) is 15.9 Å². The van der Waals surface area contributed by atoms with Gasteiger partial charge in [0.15, 0.2) is 7.26 Å². The maximum atomic E-state index is 5.09. The smallest absolute Gasteiger partial charge is 0.207 e. The van der Waals surface area contributed by atoms with Crippen LogP contribution in [0, 0.1) is 0 Å². The van der Waals surface area contributed by atoms with Crippen molar-refractivity contribution in [2.75, 3.05) is 0 Å². The van der Waals surface area contributed by atoms with E-state index in [2.05, 4.69) is 101 Å². The molecule has 0 saturated carbocycles. The van der Waals surface area contributed by atoms with Gasteiger partial charge in [-0.15, -0.1) is 0 Å². The molecule has 0 aliphatic carbocycles. The fourth-order valence-corrected chi connectivity index (χ4v) is 9.21. The second-order valence-corrected chi connectivity index (χ2v) is 11.0. The molecule has 31 heavy (non-hydrogen) atoms. The highest BCUT2D eigenvalue weighted by Gasteiger charge is 2.52. The van der Waals surface area contributed by atoms with Gasteiger partial charge in [-0.3, -0.25) is 4.99 Å². The van der Waals surface area contributed by atoms with Gasteiger partial charge in [-0.2, -0.15) is 0 Å². The van der Waals surface area contributed by atoms with E-state index in [1.54, 1.807) is 0 Å². The standard InChI is InChI=1S/C27H21N3P/c1-3-8-21(9-4-1)31(22-10-5-2-6-11-22,26-13-7-12-25-23(26)15-17-29-25)27-24-19-28-18-20(24)14-16-30-27/h1-17,19,29H,18H2/q+1. The van der Waals surface area contributed by atoms with Crippen LogP contribution in [-0.2, 0) is 6.54 Å². The molecule has 3 nitrogen and oxygen atoms in total. The molecule has 3 heterocycles. The van der Waals surface area contributed by atoms with Crippen molar-refractivity contribution in [2.45, 2.75) is 6.54 Å². The summed E-state index contributed by atoms with van der Waals surface area (Å²) in [5, 5.41) is 5.18. The van der Waals surface area contributed by atoms with Gasteiger partial charge in [0, 0.05) is 29.5 Å². The van der Waals surface area contributed by atoms with Crippen molar-refractivity contribution < 1.29 is 0 Å². The molecule has 2 aromatic heterocycles. The number of fused-ring (bicyclic) bond motifs is 2. The predicted molar refractivity (Wildman–Crippen MR) is 132 cm³/mol. The van der Waals surface area contributed by atoms with E-state index in [9.17, 15) is 0 Å². The normalized spacial score (nSPS) is 12.9. The molecule has 0 saturated heterocycles. The first-order chi connectivity index (χ1) is 15.4. The van der Waals surface area contributed by atoms with Gasteiger partial charge in [-0.05, 0) is 54.1 Å². The maximum absolute atomic E-state index is 5.09. The van der Waals surface area contributed by atoms with E-state index in [-0.39, 0.29) is 0 Å². The minimum absolute atomic E-state index is 0.725. The number of aliphatic imine (C=N–C) groups is 1. The molecule has 0 radical (unpaired) electrons. The van der Waals surface area contributed by atoms with Crippen LogP contribution in [0.5, 0.6) is 0 Å². The zero-order valence-electron chi connectivity index (χ0n) is 16.9. The van der Waals surface area contributed by atoms with Crippen LogP contribution in [0.25, 0.3) is 10.9 Å². The van der Waals surface area contributed by atoms with Crippen molar-refractivity contribution in [1.29, 1.82) is 0 Å². The van der Waals surface area contributed by atoms with Crippen LogP contribution in [0.4, 0.5) is 0 Å². The molecule has 148 valence electrons. The molecule has 1 aliphatic rings. The Morgan fingerprint density at radius 2 is 1.48 bits per heavy atom. The molecule has 3 aromatic carbocycles. The van der Waals surface area contributed by atoms with Crippen LogP contribution in [0.2, 0.25) is 0 Å². The van der Waals surface area contributed by atoms with Crippen molar-refractivity contribution >= 4 is 45.7 Å². The molecule has 0 atom stereocenters. The van der Waals surface area contributed by atoms with Crippen LogP contribution in [-0.4, -0.2) is 16.2 Å². The highest BCUT2D eigenvalue weighted by atomic mass is 31.2. The Kier molecular flexibility index (Phi) is 4.29. The van der Waals surface area contributed by atoms with Gasteiger partial charge in [0.25, 0.3) is 0 Å². The van der Waals surface area contributed by atoms with Crippen LogP contribution >= 0.6 is 7.26 Å². The summed E-state index contributed by atoms with van der Waals surface area (Å²) >= 11 is 0. The maximum Gasteiger partial charge on any atom is 0.207 e. The fraction of sp³-hybridized carbons (Fsp3) is 0.0370. The molecule has 5 aromatic rings. The lowest BCUT2D eigenvalue weighted by atomic mass is 10.2. The quantitative estimate of drug-likeness (QED) is 0.439. The average Bonchev–Trinajstić information content (AvgIpc) is 3.51. The van der Waals surface area contributed by atoms with E-state index in [0.717, 1.165) is 17.5 Å². The zero-order chi connectivity index (χ0) is 20.7. The Balaban J connectivity index is 1.84. The number of aromatic nitrogens is 2. The molecule has 6 rings (SSSR count). The number of nitrogens with one attached hydrogen (secondary N) is 1. The van der Waals surface area contributed by atoms with Crippen molar-refractivity contribution in [3.05, 3.63) is 115 Å². The lowest BCUT2D eigenvalue weighted by Gasteiger charge is -2.28. The molecule has 4 heteroatoms. The van der Waals surface area contributed by atoms with Gasteiger partial charge >= 0.3 is 0 Å². The van der Waals surface area contributed by atoms with Gasteiger partial charge in [0.2, 0.25) is 5.44 Å². The first kappa shape index (κ1) is 18.2. The number of hydrogen-bond donors (Lipinski definition) is 1. The van der Waals surface area contributed by atoms with Crippen LogP contribution in [0.15, 0.2) is 108 Å². The number of benzene rings is 3. The number of nitrogens with zero attached hydrogens (tertiary/aromatic N) is 2. The number of H-pyrrole nitrogens is 1. The van der Waals surface area contributed by atoms with Gasteiger partial charge in [0.05, 0.1) is 12.1 Å². The highest BCUT2D eigenvalue weighted by molar-refractivity contribution is 8.01. The van der Waals surface area contributed by atoms with Crippen molar-refractivity contribution in [1.82, 2.24) is 9.97 Å². The molecular weight excluding hydrogens is 397 g/mol. The molecule has 1 N–H and O–H groups in total. The Hall–Kier alpha value is -3.55. The summed E-state index contributed by atoms with van der Waals surface area (Å²) in [6.07, 6.45) is 6.01. The number of aromatic amines is 1. The van der Waals surface area contributed by atoms with E-state index in [0.29, 0.717) is 0 Å². The topological polar surface area (TPSA) is 41.0 Å². The molecule has 0 unspecified atom stereocenters. The summed E-state index contributed by atoms with van der Waals surface area (Å²) in [6, 6.07) is 32.7. The largest absolute Gasteiger partial charge is 0.361 e. The molecule has 0 spiro atoms. The average molecular weight is 418 g/mol. The summed E-state index contributed by atoms with van der Waals surface area (Å²) in [7, 11) is -2.28. The van der Waals surface area contributed by atoms with E-state index < -0.39 is 7.26 Å². The summed E-state index contributed by atoms with van der Waals surface area (Å²) in [5.74, 6) is 0. The van der Waals surface area contributed by atoms with Crippen molar-refractivity contribution in [3.8, 4) is 0 Å². The summed E-state index contributed by atoms with van der Waals surface area (Å²) < 4.78 is 0. The number of hydrogen-bond acceptors (Lipinski definition) is 2. The van der Waals surface area contributed by atoms with E-state index >= 15 is 0 Å². The monoisotopic (exact) mass is 418 g/mol. The van der Waals surface area contributed by atoms with Gasteiger partial charge < -0.3 is 4.98 Å². The highest BCUT2D eigenvalue weighted by Crippen LogP contribution is 2.55. The van der Waals surface area contributed by atoms with E-state index in [1.807, 2.05) is 18.6 Å².